The van der Waals surface area contributed by atoms with E-state index in [1.807, 2.05) is 0 Å². The number of amides is 1. The minimum Gasteiger partial charge on any atom is -0.380 e. The topological polar surface area (TPSA) is 55.1 Å². The molecular formula is C15H13F3N2O. The van der Waals surface area contributed by atoms with Crippen molar-refractivity contribution in [1.82, 2.24) is 0 Å². The van der Waals surface area contributed by atoms with Gasteiger partial charge < -0.3 is 11.1 Å². The van der Waals surface area contributed by atoms with Crippen LogP contribution in [0.4, 0.5) is 18.9 Å². The Hall–Kier alpha value is -2.50. The van der Waals surface area contributed by atoms with Crippen LogP contribution in [0.5, 0.6) is 0 Å². The molecule has 21 heavy (non-hydrogen) atoms. The van der Waals surface area contributed by atoms with Gasteiger partial charge in [0, 0.05) is 28.9 Å². The summed E-state index contributed by atoms with van der Waals surface area (Å²) in [5.41, 5.74) is 5.41. The number of carbonyl (C=O) groups is 1. The summed E-state index contributed by atoms with van der Waals surface area (Å²) in [5, 5.41) is 2.72. The average Bonchev–Trinajstić information content (AvgIpc) is 2.42. The zero-order valence-electron chi connectivity index (χ0n) is 11.2. The number of nitrogens with two attached hydrogens (primary N) is 1. The van der Waals surface area contributed by atoms with Crippen LogP contribution in [0.3, 0.4) is 0 Å². The monoisotopic (exact) mass is 294 g/mol. The lowest BCUT2D eigenvalue weighted by atomic mass is 10.1. The van der Waals surface area contributed by atoms with Crippen molar-refractivity contribution < 1.29 is 18.0 Å². The number of halogens is 3. The molecule has 0 aromatic heterocycles. The molecule has 3 N–H and O–H groups in total. The molecule has 110 valence electrons. The Bertz CT molecular complexity index is 681. The number of anilines is 1. The van der Waals surface area contributed by atoms with E-state index >= 15 is 0 Å². The second-order valence-corrected chi connectivity index (χ2v) is 4.55. The van der Waals surface area contributed by atoms with Crippen LogP contribution in [0.1, 0.15) is 21.5 Å². The van der Waals surface area contributed by atoms with Crippen LogP contribution in [-0.2, 0) is 6.54 Å². The number of primary amides is 1. The summed E-state index contributed by atoms with van der Waals surface area (Å²) in [6, 6.07) is 5.89. The molecule has 0 spiro atoms. The lowest BCUT2D eigenvalue weighted by Gasteiger charge is -2.12. The minimum absolute atomic E-state index is 0.0189. The van der Waals surface area contributed by atoms with Crippen molar-refractivity contribution in [2.24, 2.45) is 5.73 Å². The molecule has 2 rings (SSSR count). The number of carbonyl (C=O) groups excluding carboxylic acids is 1. The molecule has 1 amide bonds. The van der Waals surface area contributed by atoms with Gasteiger partial charge in [0.05, 0.1) is 0 Å². The van der Waals surface area contributed by atoms with Crippen LogP contribution >= 0.6 is 0 Å². The van der Waals surface area contributed by atoms with Crippen molar-refractivity contribution >= 4 is 11.6 Å². The Morgan fingerprint density at radius 2 is 1.76 bits per heavy atom. The van der Waals surface area contributed by atoms with E-state index in [1.54, 1.807) is 0 Å². The first kappa shape index (κ1) is 14.9. The Balaban J connectivity index is 2.30. The molecule has 0 aliphatic rings. The van der Waals surface area contributed by atoms with Gasteiger partial charge in [0.2, 0.25) is 5.91 Å². The quantitative estimate of drug-likeness (QED) is 0.910. The van der Waals surface area contributed by atoms with Crippen molar-refractivity contribution in [3.05, 3.63) is 64.5 Å². The summed E-state index contributed by atoms with van der Waals surface area (Å²) in [5.74, 6) is -2.81. The highest BCUT2D eigenvalue weighted by atomic mass is 19.1. The number of hydrogen-bond donors (Lipinski definition) is 2. The maximum absolute atomic E-state index is 13.7. The van der Waals surface area contributed by atoms with Crippen molar-refractivity contribution in [3.8, 4) is 0 Å². The van der Waals surface area contributed by atoms with E-state index in [0.717, 1.165) is 18.2 Å². The predicted octanol–water partition coefficient (Wildman–Crippen LogP) is 3.12. The molecule has 0 atom stereocenters. The first-order valence-electron chi connectivity index (χ1n) is 6.17. The maximum atomic E-state index is 13.7. The molecule has 2 aromatic rings. The predicted molar refractivity (Wildman–Crippen MR) is 73.3 cm³/mol. The molecule has 3 nitrogen and oxygen atoms in total. The highest BCUT2D eigenvalue weighted by Gasteiger charge is 2.12. The van der Waals surface area contributed by atoms with Gasteiger partial charge >= 0.3 is 0 Å². The summed E-state index contributed by atoms with van der Waals surface area (Å²) in [6.45, 7) is 1.31. The van der Waals surface area contributed by atoms with Gasteiger partial charge in [0.1, 0.15) is 17.5 Å². The number of benzene rings is 2. The van der Waals surface area contributed by atoms with E-state index in [-0.39, 0.29) is 28.9 Å². The van der Waals surface area contributed by atoms with Crippen LogP contribution in [0, 0.1) is 24.4 Å². The molecule has 0 heterocycles. The maximum Gasteiger partial charge on any atom is 0.248 e. The van der Waals surface area contributed by atoms with Gasteiger partial charge in [-0.25, -0.2) is 13.2 Å². The third-order valence-electron chi connectivity index (χ3n) is 3.15. The van der Waals surface area contributed by atoms with Crippen LogP contribution in [0.15, 0.2) is 30.3 Å². The fourth-order valence-corrected chi connectivity index (χ4v) is 1.89. The normalized spacial score (nSPS) is 10.5. The fraction of sp³-hybridized carbons (Fsp3) is 0.133. The lowest BCUT2D eigenvalue weighted by molar-refractivity contribution is 0.1000. The van der Waals surface area contributed by atoms with Gasteiger partial charge in [-0.3, -0.25) is 4.79 Å². The molecule has 0 radical (unpaired) electrons. The van der Waals surface area contributed by atoms with Crippen LogP contribution in [0.25, 0.3) is 0 Å². The Kier molecular flexibility index (Phi) is 4.16. The zero-order chi connectivity index (χ0) is 15.6. The zero-order valence-corrected chi connectivity index (χ0v) is 11.2. The Morgan fingerprint density at radius 1 is 1.14 bits per heavy atom. The summed E-state index contributed by atoms with van der Waals surface area (Å²) in [4.78, 5) is 11.1. The smallest absolute Gasteiger partial charge is 0.248 e. The summed E-state index contributed by atoms with van der Waals surface area (Å²) >= 11 is 0. The fourth-order valence-electron chi connectivity index (χ4n) is 1.89. The molecule has 0 bridgehead atoms. The van der Waals surface area contributed by atoms with Gasteiger partial charge in [-0.05, 0) is 31.2 Å². The van der Waals surface area contributed by atoms with Gasteiger partial charge in [-0.2, -0.15) is 0 Å². The first-order valence-corrected chi connectivity index (χ1v) is 6.17. The lowest BCUT2D eigenvalue weighted by Crippen LogP contribution is -2.13. The minimum atomic E-state index is -0.783. The van der Waals surface area contributed by atoms with Crippen molar-refractivity contribution in [3.63, 3.8) is 0 Å². The van der Waals surface area contributed by atoms with Crippen LogP contribution in [-0.4, -0.2) is 5.91 Å². The molecule has 0 aliphatic carbocycles. The highest BCUT2D eigenvalue weighted by Crippen LogP contribution is 2.22. The van der Waals surface area contributed by atoms with Gasteiger partial charge in [0.15, 0.2) is 0 Å². The Morgan fingerprint density at radius 3 is 2.33 bits per heavy atom. The summed E-state index contributed by atoms with van der Waals surface area (Å²) < 4.78 is 40.7. The van der Waals surface area contributed by atoms with E-state index in [4.69, 9.17) is 5.73 Å². The highest BCUT2D eigenvalue weighted by molar-refractivity contribution is 5.94. The molecule has 0 unspecified atom stereocenters. The molecule has 0 aliphatic heterocycles. The SMILES string of the molecule is Cc1c(F)cc(C(N)=O)cc1NCc1c(F)cccc1F. The summed E-state index contributed by atoms with van der Waals surface area (Å²) in [6.07, 6.45) is 0. The van der Waals surface area contributed by atoms with E-state index in [0.29, 0.717) is 0 Å². The molecule has 0 fully saturated rings. The molecule has 6 heteroatoms. The number of hydrogen-bond acceptors (Lipinski definition) is 2. The molecule has 2 aromatic carbocycles. The van der Waals surface area contributed by atoms with E-state index < -0.39 is 23.4 Å². The van der Waals surface area contributed by atoms with Crippen molar-refractivity contribution in [2.45, 2.75) is 13.5 Å². The number of nitrogens with one attached hydrogen (secondary N) is 1. The van der Waals surface area contributed by atoms with Gasteiger partial charge in [-0.1, -0.05) is 6.07 Å². The van der Waals surface area contributed by atoms with E-state index in [1.165, 1.54) is 19.1 Å². The van der Waals surface area contributed by atoms with Gasteiger partial charge in [-0.15, -0.1) is 0 Å². The van der Waals surface area contributed by atoms with E-state index in [9.17, 15) is 18.0 Å². The second-order valence-electron chi connectivity index (χ2n) is 4.55. The molecular weight excluding hydrogens is 281 g/mol. The van der Waals surface area contributed by atoms with Crippen molar-refractivity contribution in [1.29, 1.82) is 0 Å². The van der Waals surface area contributed by atoms with E-state index in [2.05, 4.69) is 5.32 Å². The van der Waals surface area contributed by atoms with Crippen molar-refractivity contribution in [2.75, 3.05) is 5.32 Å². The van der Waals surface area contributed by atoms with Gasteiger partial charge in [0.25, 0.3) is 0 Å². The first-order chi connectivity index (χ1) is 9.90. The van der Waals surface area contributed by atoms with Crippen LogP contribution < -0.4 is 11.1 Å². The molecule has 0 saturated carbocycles. The largest absolute Gasteiger partial charge is 0.380 e. The van der Waals surface area contributed by atoms with Crippen LogP contribution in [0.2, 0.25) is 0 Å². The molecule has 0 saturated heterocycles. The third-order valence-corrected chi connectivity index (χ3v) is 3.15. The Labute approximate surface area is 119 Å². The number of rotatable bonds is 4. The summed E-state index contributed by atoms with van der Waals surface area (Å²) in [7, 11) is 0. The standard InChI is InChI=1S/C15H13F3N2O/c1-8-13(18)5-9(15(19)21)6-14(8)20-7-10-11(16)3-2-4-12(10)17/h2-6,20H,7H2,1H3,(H2,19,21). The second kappa shape index (κ2) is 5.87. The third kappa shape index (κ3) is 3.16. The average molecular weight is 294 g/mol.